The maximum Gasteiger partial charge on any atom is 0.303 e. The molecule has 0 aliphatic carbocycles. The summed E-state index contributed by atoms with van der Waals surface area (Å²) in [5, 5.41) is 9.05. The van der Waals surface area contributed by atoms with Gasteiger partial charge in [-0.25, -0.2) is 9.78 Å². The third kappa shape index (κ3) is 14.0. The van der Waals surface area contributed by atoms with Gasteiger partial charge in [0.05, 0.1) is 17.6 Å². The molecular weight excluding hydrogens is 348 g/mol. The summed E-state index contributed by atoms with van der Waals surface area (Å²) in [5.41, 5.74) is -1.02. The number of aliphatic carboxylic acids is 1. The van der Waals surface area contributed by atoms with Gasteiger partial charge in [-0.15, -0.1) is 0 Å². The molecule has 0 bridgehead atoms. The minimum absolute atomic E-state index is 0.0520. The standard InChI is InChI=1S/C21H42O6/c1-17(2,3)14-19(7,8)24-26-21(11,13-12-16(22)23)27-25-20(9,10)15-18(4,5)6/h12-15H2,1-11H3,(H,22,23). The average Bonchev–Trinajstić information content (AvgIpc) is 2.36. The quantitative estimate of drug-likeness (QED) is 0.269. The molecule has 0 aromatic carbocycles. The van der Waals surface area contributed by atoms with Gasteiger partial charge in [-0.2, -0.15) is 9.78 Å². The zero-order chi connectivity index (χ0) is 21.7. The molecule has 0 aromatic heterocycles. The molecule has 0 radical (unpaired) electrons. The second-order valence-corrected chi connectivity index (χ2v) is 11.4. The van der Waals surface area contributed by atoms with Crippen LogP contribution in [-0.2, 0) is 24.3 Å². The van der Waals surface area contributed by atoms with Crippen LogP contribution in [-0.4, -0.2) is 28.1 Å². The molecule has 0 fully saturated rings. The van der Waals surface area contributed by atoms with E-state index in [-0.39, 0.29) is 23.7 Å². The van der Waals surface area contributed by atoms with Gasteiger partial charge in [0.15, 0.2) is 0 Å². The van der Waals surface area contributed by atoms with Gasteiger partial charge in [0.25, 0.3) is 0 Å². The Morgan fingerprint density at radius 2 is 1.00 bits per heavy atom. The SMILES string of the molecule is CC(C)(C)CC(C)(C)OOC(C)(CCC(=O)O)OOC(C)(C)CC(C)(C)C. The minimum Gasteiger partial charge on any atom is -0.481 e. The summed E-state index contributed by atoms with van der Waals surface area (Å²) >= 11 is 0. The molecule has 0 atom stereocenters. The first-order chi connectivity index (χ1) is 11.7. The maximum atomic E-state index is 11.0. The van der Waals surface area contributed by atoms with Crippen molar-refractivity contribution in [2.24, 2.45) is 10.8 Å². The molecule has 1 N–H and O–H groups in total. The average molecular weight is 391 g/mol. The van der Waals surface area contributed by atoms with Crippen LogP contribution in [0.15, 0.2) is 0 Å². The van der Waals surface area contributed by atoms with Gasteiger partial charge in [0.1, 0.15) is 0 Å². The van der Waals surface area contributed by atoms with Crippen LogP contribution >= 0.6 is 0 Å². The van der Waals surface area contributed by atoms with Crippen LogP contribution in [0.25, 0.3) is 0 Å². The lowest BCUT2D eigenvalue weighted by Gasteiger charge is -2.37. The molecule has 0 aromatic rings. The summed E-state index contributed by atoms with van der Waals surface area (Å²) < 4.78 is 0. The van der Waals surface area contributed by atoms with E-state index in [4.69, 9.17) is 24.7 Å². The van der Waals surface area contributed by atoms with E-state index in [0.717, 1.165) is 12.8 Å². The largest absolute Gasteiger partial charge is 0.481 e. The van der Waals surface area contributed by atoms with Gasteiger partial charge in [0.2, 0.25) is 5.79 Å². The Bertz CT molecular complexity index is 436. The molecule has 0 heterocycles. The molecule has 0 spiro atoms. The van der Waals surface area contributed by atoms with Crippen molar-refractivity contribution in [1.82, 2.24) is 0 Å². The van der Waals surface area contributed by atoms with Gasteiger partial charge >= 0.3 is 5.97 Å². The van der Waals surface area contributed by atoms with Crippen LogP contribution in [0.5, 0.6) is 0 Å². The van der Waals surface area contributed by atoms with E-state index in [1.54, 1.807) is 6.92 Å². The highest BCUT2D eigenvalue weighted by molar-refractivity contribution is 5.66. The molecule has 162 valence electrons. The lowest BCUT2D eigenvalue weighted by Crippen LogP contribution is -2.42. The van der Waals surface area contributed by atoms with Crippen molar-refractivity contribution in [3.8, 4) is 0 Å². The highest BCUT2D eigenvalue weighted by Crippen LogP contribution is 2.34. The van der Waals surface area contributed by atoms with E-state index in [0.29, 0.717) is 0 Å². The molecule has 0 aliphatic rings. The van der Waals surface area contributed by atoms with Gasteiger partial charge < -0.3 is 5.11 Å². The Balaban J connectivity index is 5.07. The van der Waals surface area contributed by atoms with E-state index in [1.807, 2.05) is 27.7 Å². The lowest BCUT2D eigenvalue weighted by molar-refractivity contribution is -0.541. The number of carboxylic acids is 1. The van der Waals surface area contributed by atoms with Gasteiger partial charge in [-0.3, -0.25) is 4.79 Å². The number of hydrogen-bond acceptors (Lipinski definition) is 5. The van der Waals surface area contributed by atoms with Crippen molar-refractivity contribution >= 4 is 5.97 Å². The summed E-state index contributed by atoms with van der Waals surface area (Å²) in [6, 6.07) is 0. The molecule has 27 heavy (non-hydrogen) atoms. The van der Waals surface area contributed by atoms with Crippen molar-refractivity contribution < 1.29 is 29.5 Å². The highest BCUT2D eigenvalue weighted by atomic mass is 17.3. The van der Waals surface area contributed by atoms with E-state index in [9.17, 15) is 4.79 Å². The monoisotopic (exact) mass is 390 g/mol. The van der Waals surface area contributed by atoms with Crippen molar-refractivity contribution in [2.45, 2.75) is 119 Å². The number of carbonyl (C=O) groups is 1. The Morgan fingerprint density at radius 3 is 1.26 bits per heavy atom. The summed E-state index contributed by atoms with van der Waals surface area (Å²) in [4.78, 5) is 33.6. The fraction of sp³-hybridized carbons (Fsp3) is 0.952. The fourth-order valence-corrected chi connectivity index (χ4v) is 3.45. The molecule has 0 saturated heterocycles. The highest BCUT2D eigenvalue weighted by Gasteiger charge is 2.38. The zero-order valence-corrected chi connectivity index (χ0v) is 19.3. The van der Waals surface area contributed by atoms with Crippen LogP contribution in [0.4, 0.5) is 0 Å². The van der Waals surface area contributed by atoms with Gasteiger partial charge in [0, 0.05) is 6.42 Å². The fourth-order valence-electron chi connectivity index (χ4n) is 3.45. The molecule has 6 nitrogen and oxygen atoms in total. The van der Waals surface area contributed by atoms with Gasteiger partial charge in [-0.1, -0.05) is 41.5 Å². The van der Waals surface area contributed by atoms with Crippen molar-refractivity contribution in [1.29, 1.82) is 0 Å². The minimum atomic E-state index is -1.33. The van der Waals surface area contributed by atoms with Crippen LogP contribution in [0.2, 0.25) is 0 Å². The molecule has 0 aliphatic heterocycles. The van der Waals surface area contributed by atoms with Crippen LogP contribution in [0, 0.1) is 10.8 Å². The van der Waals surface area contributed by atoms with E-state index in [2.05, 4.69) is 41.5 Å². The third-order valence-electron chi connectivity index (χ3n) is 3.59. The van der Waals surface area contributed by atoms with Gasteiger partial charge in [-0.05, 0) is 58.3 Å². The van der Waals surface area contributed by atoms with E-state index >= 15 is 0 Å². The Morgan fingerprint density at radius 1 is 0.667 bits per heavy atom. The van der Waals surface area contributed by atoms with Crippen molar-refractivity contribution in [3.05, 3.63) is 0 Å². The molecule has 0 rings (SSSR count). The summed E-state index contributed by atoms with van der Waals surface area (Å²) in [6.07, 6.45) is 1.49. The second-order valence-electron chi connectivity index (χ2n) is 11.4. The Hall–Kier alpha value is -0.690. The smallest absolute Gasteiger partial charge is 0.303 e. The molecular formula is C21H42O6. The zero-order valence-electron chi connectivity index (χ0n) is 19.3. The molecule has 0 unspecified atom stereocenters. The summed E-state index contributed by atoms with van der Waals surface area (Å²) in [6.45, 7) is 22.1. The van der Waals surface area contributed by atoms with Crippen LogP contribution < -0.4 is 0 Å². The van der Waals surface area contributed by atoms with Crippen molar-refractivity contribution in [3.63, 3.8) is 0 Å². The predicted molar refractivity (Wildman–Crippen MR) is 106 cm³/mol. The van der Waals surface area contributed by atoms with Crippen LogP contribution in [0.1, 0.15) is 102 Å². The van der Waals surface area contributed by atoms with Crippen molar-refractivity contribution in [2.75, 3.05) is 0 Å². The Kier molecular flexibility index (Phi) is 8.97. The topological polar surface area (TPSA) is 74.2 Å². The lowest BCUT2D eigenvalue weighted by atomic mass is 9.84. The van der Waals surface area contributed by atoms with E-state index in [1.165, 1.54) is 0 Å². The third-order valence-corrected chi connectivity index (χ3v) is 3.59. The number of carboxylic acid groups (broad SMARTS) is 1. The first-order valence-corrected chi connectivity index (χ1v) is 9.70. The normalized spacial score (nSPS) is 14.5. The molecule has 0 saturated carbocycles. The first kappa shape index (κ1) is 26.3. The molecule has 0 amide bonds. The molecule has 6 heteroatoms. The number of hydrogen-bond donors (Lipinski definition) is 1. The maximum absolute atomic E-state index is 11.0. The summed E-state index contributed by atoms with van der Waals surface area (Å²) in [5.74, 6) is -2.26. The Labute approximate surface area is 165 Å². The summed E-state index contributed by atoms with van der Waals surface area (Å²) in [7, 11) is 0. The first-order valence-electron chi connectivity index (χ1n) is 9.70. The van der Waals surface area contributed by atoms with Crippen LogP contribution in [0.3, 0.4) is 0 Å². The predicted octanol–water partition coefficient (Wildman–Crippen LogP) is 5.89. The number of rotatable bonds is 11. The second kappa shape index (κ2) is 9.21. The van der Waals surface area contributed by atoms with E-state index < -0.39 is 23.0 Å².